The van der Waals surface area contributed by atoms with Gasteiger partial charge in [0.05, 0.1) is 18.8 Å². The Morgan fingerprint density at radius 3 is 2.36 bits per heavy atom. The van der Waals surface area contributed by atoms with Gasteiger partial charge in [-0.25, -0.2) is 19.2 Å². The summed E-state index contributed by atoms with van der Waals surface area (Å²) < 4.78 is 13.3. The number of carboxylic acids is 1. The van der Waals surface area contributed by atoms with Crippen LogP contribution < -0.4 is 0 Å². The van der Waals surface area contributed by atoms with Crippen molar-refractivity contribution in [3.05, 3.63) is 59.4 Å². The normalized spacial score (nSPS) is 14.5. The first-order chi connectivity index (χ1) is 13.4. The molecule has 3 rings (SSSR count). The third kappa shape index (κ3) is 4.67. The van der Waals surface area contributed by atoms with Crippen molar-refractivity contribution in [1.29, 1.82) is 0 Å². The number of carboxylic acid groups (broad SMARTS) is 1. The number of carbonyl (C=O) groups is 3. The summed E-state index contributed by atoms with van der Waals surface area (Å²) in [6, 6.07) is 5.94. The number of hydrogen-bond donors (Lipinski definition) is 1. The molecule has 9 heteroatoms. The van der Waals surface area contributed by atoms with Crippen LogP contribution in [-0.4, -0.2) is 68.8 Å². The van der Waals surface area contributed by atoms with Gasteiger partial charge in [0, 0.05) is 26.2 Å². The molecule has 8 nitrogen and oxygen atoms in total. The van der Waals surface area contributed by atoms with Gasteiger partial charge in [0.2, 0.25) is 5.91 Å². The number of aromatic nitrogens is 2. The fourth-order valence-corrected chi connectivity index (χ4v) is 3.01. The molecule has 0 bridgehead atoms. The van der Waals surface area contributed by atoms with E-state index >= 15 is 0 Å². The Hall–Kier alpha value is -3.36. The average Bonchev–Trinajstić information content (AvgIpc) is 2.94. The molecule has 0 radical (unpaired) electrons. The molecule has 0 saturated carbocycles. The van der Waals surface area contributed by atoms with E-state index in [0.717, 1.165) is 12.4 Å². The van der Waals surface area contributed by atoms with E-state index in [0.29, 0.717) is 38.2 Å². The molecule has 1 saturated heterocycles. The highest BCUT2D eigenvalue weighted by atomic mass is 19.1. The highest BCUT2D eigenvalue weighted by molar-refractivity contribution is 5.93. The lowest BCUT2D eigenvalue weighted by Crippen LogP contribution is -2.38. The molecule has 0 unspecified atom stereocenters. The monoisotopic (exact) mass is 386 g/mol. The fourth-order valence-electron chi connectivity index (χ4n) is 3.01. The van der Waals surface area contributed by atoms with Crippen LogP contribution in [0.25, 0.3) is 0 Å². The molecule has 1 aliphatic rings. The number of halogens is 1. The number of nitrogens with zero attached hydrogens (tertiary/aromatic N) is 4. The zero-order valence-corrected chi connectivity index (χ0v) is 15.0. The van der Waals surface area contributed by atoms with E-state index in [2.05, 4.69) is 9.97 Å². The van der Waals surface area contributed by atoms with Crippen molar-refractivity contribution in [2.75, 3.05) is 26.2 Å². The molecule has 2 heterocycles. The van der Waals surface area contributed by atoms with Crippen LogP contribution in [0.3, 0.4) is 0 Å². The molecule has 146 valence electrons. The largest absolute Gasteiger partial charge is 0.476 e. The van der Waals surface area contributed by atoms with Gasteiger partial charge in [0.25, 0.3) is 5.91 Å². The first-order valence-corrected chi connectivity index (χ1v) is 8.81. The van der Waals surface area contributed by atoms with Gasteiger partial charge in [0.1, 0.15) is 11.5 Å². The summed E-state index contributed by atoms with van der Waals surface area (Å²) in [6.45, 7) is 1.64. The summed E-state index contributed by atoms with van der Waals surface area (Å²) in [4.78, 5) is 46.7. The third-order valence-electron chi connectivity index (χ3n) is 4.47. The molecule has 2 amide bonds. The molecule has 1 aromatic heterocycles. The zero-order valence-electron chi connectivity index (χ0n) is 15.0. The van der Waals surface area contributed by atoms with Gasteiger partial charge in [-0.3, -0.25) is 9.59 Å². The fraction of sp³-hybridized carbons (Fsp3) is 0.316. The second-order valence-corrected chi connectivity index (χ2v) is 6.43. The highest BCUT2D eigenvalue weighted by Crippen LogP contribution is 2.11. The minimum absolute atomic E-state index is 0.0598. The number of carbonyl (C=O) groups excluding carboxylic acids is 2. The molecule has 0 aliphatic carbocycles. The van der Waals surface area contributed by atoms with E-state index in [9.17, 15) is 18.8 Å². The molecule has 0 spiro atoms. The molecular weight excluding hydrogens is 367 g/mol. The van der Waals surface area contributed by atoms with Crippen molar-refractivity contribution in [2.24, 2.45) is 0 Å². The number of benzene rings is 1. The Bertz CT molecular complexity index is 888. The summed E-state index contributed by atoms with van der Waals surface area (Å²) in [6.07, 6.45) is 2.89. The second kappa shape index (κ2) is 8.55. The highest BCUT2D eigenvalue weighted by Gasteiger charge is 2.24. The number of amides is 2. The van der Waals surface area contributed by atoms with Crippen molar-refractivity contribution >= 4 is 17.8 Å². The predicted molar refractivity (Wildman–Crippen MR) is 96.2 cm³/mol. The summed E-state index contributed by atoms with van der Waals surface area (Å²) in [5.41, 5.74) is 0.432. The van der Waals surface area contributed by atoms with Crippen LogP contribution in [0.1, 0.15) is 33.0 Å². The third-order valence-corrected chi connectivity index (χ3v) is 4.47. The van der Waals surface area contributed by atoms with E-state index in [1.807, 2.05) is 0 Å². The molecule has 1 fully saturated rings. The molecule has 1 N–H and O–H groups in total. The number of hydrogen-bond acceptors (Lipinski definition) is 5. The smallest absolute Gasteiger partial charge is 0.356 e. The van der Waals surface area contributed by atoms with Gasteiger partial charge in [-0.15, -0.1) is 0 Å². The van der Waals surface area contributed by atoms with Crippen molar-refractivity contribution < 1.29 is 23.9 Å². The predicted octanol–water partition coefficient (Wildman–Crippen LogP) is 1.23. The van der Waals surface area contributed by atoms with Gasteiger partial charge < -0.3 is 14.9 Å². The van der Waals surface area contributed by atoms with Crippen LogP contribution in [0.15, 0.2) is 36.7 Å². The molecule has 1 aliphatic heterocycles. The summed E-state index contributed by atoms with van der Waals surface area (Å²) in [7, 11) is 0. The van der Waals surface area contributed by atoms with Crippen molar-refractivity contribution in [3.8, 4) is 0 Å². The maximum Gasteiger partial charge on any atom is 0.356 e. The van der Waals surface area contributed by atoms with Crippen LogP contribution in [0.2, 0.25) is 0 Å². The standard InChI is InChI=1S/C19H19FN4O4/c20-14-4-1-3-13(9-14)10-17(25)23-5-2-6-24(8-7-23)18(26)15-11-22-16(12-21-15)19(27)28/h1,3-4,9,11-12H,2,5-8,10H2,(H,27,28). The average molecular weight is 386 g/mol. The Balaban J connectivity index is 1.60. The molecule has 0 atom stereocenters. The zero-order chi connectivity index (χ0) is 20.1. The summed E-state index contributed by atoms with van der Waals surface area (Å²) >= 11 is 0. The van der Waals surface area contributed by atoms with Crippen LogP contribution in [0.5, 0.6) is 0 Å². The maximum atomic E-state index is 13.3. The van der Waals surface area contributed by atoms with Crippen LogP contribution in [-0.2, 0) is 11.2 Å². The number of rotatable bonds is 4. The van der Waals surface area contributed by atoms with Gasteiger partial charge in [-0.2, -0.15) is 0 Å². The molecule has 1 aromatic carbocycles. The van der Waals surface area contributed by atoms with E-state index in [4.69, 9.17) is 5.11 Å². The van der Waals surface area contributed by atoms with Crippen LogP contribution in [0, 0.1) is 5.82 Å². The van der Waals surface area contributed by atoms with Gasteiger partial charge in [-0.1, -0.05) is 12.1 Å². The molecule has 28 heavy (non-hydrogen) atoms. The lowest BCUT2D eigenvalue weighted by molar-refractivity contribution is -0.130. The Kier molecular flexibility index (Phi) is 5.93. The summed E-state index contributed by atoms with van der Waals surface area (Å²) in [5, 5.41) is 8.85. The van der Waals surface area contributed by atoms with E-state index in [1.54, 1.807) is 21.9 Å². The first-order valence-electron chi connectivity index (χ1n) is 8.81. The van der Waals surface area contributed by atoms with Crippen molar-refractivity contribution in [3.63, 3.8) is 0 Å². The SMILES string of the molecule is O=C(O)c1cnc(C(=O)N2CCCN(C(=O)Cc3cccc(F)c3)CC2)cn1. The topological polar surface area (TPSA) is 104 Å². The minimum atomic E-state index is -1.21. The van der Waals surface area contributed by atoms with Crippen LogP contribution in [0.4, 0.5) is 4.39 Å². The molecule has 2 aromatic rings. The van der Waals surface area contributed by atoms with E-state index in [1.165, 1.54) is 12.1 Å². The lowest BCUT2D eigenvalue weighted by atomic mass is 10.1. The summed E-state index contributed by atoms with van der Waals surface area (Å²) in [5.74, 6) is -2.07. The Morgan fingerprint density at radius 1 is 1.00 bits per heavy atom. The minimum Gasteiger partial charge on any atom is -0.476 e. The second-order valence-electron chi connectivity index (χ2n) is 6.43. The maximum absolute atomic E-state index is 13.3. The lowest BCUT2D eigenvalue weighted by Gasteiger charge is -2.22. The van der Waals surface area contributed by atoms with Crippen molar-refractivity contribution in [2.45, 2.75) is 12.8 Å². The van der Waals surface area contributed by atoms with Crippen LogP contribution >= 0.6 is 0 Å². The van der Waals surface area contributed by atoms with Gasteiger partial charge >= 0.3 is 5.97 Å². The first kappa shape index (κ1) is 19.4. The Labute approximate surface area is 160 Å². The van der Waals surface area contributed by atoms with Crippen molar-refractivity contribution in [1.82, 2.24) is 19.8 Å². The van der Waals surface area contributed by atoms with Gasteiger partial charge in [0.15, 0.2) is 5.69 Å². The quantitative estimate of drug-likeness (QED) is 0.848. The van der Waals surface area contributed by atoms with E-state index < -0.39 is 5.97 Å². The van der Waals surface area contributed by atoms with E-state index in [-0.39, 0.29) is 35.4 Å². The van der Waals surface area contributed by atoms with Gasteiger partial charge in [-0.05, 0) is 24.1 Å². The Morgan fingerprint density at radius 2 is 1.68 bits per heavy atom. The molecular formula is C19H19FN4O4. The number of aromatic carboxylic acids is 1.